The molecule has 0 fully saturated rings. The average molecular weight is 278 g/mol. The summed E-state index contributed by atoms with van der Waals surface area (Å²) < 4.78 is 1.17. The van der Waals surface area contributed by atoms with Gasteiger partial charge in [-0.2, -0.15) is 0 Å². The third kappa shape index (κ3) is 3.85. The molecule has 0 aliphatic rings. The van der Waals surface area contributed by atoms with Gasteiger partial charge in [-0.15, -0.1) is 23.1 Å². The highest BCUT2D eigenvalue weighted by Crippen LogP contribution is 2.23. The Morgan fingerprint density at radius 1 is 1.50 bits per heavy atom. The van der Waals surface area contributed by atoms with E-state index in [9.17, 15) is 4.79 Å². The van der Waals surface area contributed by atoms with E-state index >= 15 is 0 Å². The Balaban J connectivity index is 1.80. The smallest absolute Gasteiger partial charge is 0.230 e. The van der Waals surface area contributed by atoms with Crippen molar-refractivity contribution in [3.05, 3.63) is 47.6 Å². The Kier molecular flexibility index (Phi) is 4.78. The number of pyridine rings is 1. The lowest BCUT2D eigenvalue weighted by molar-refractivity contribution is -0.119. The number of carbonyl (C=O) groups excluding carboxylic acids is 1. The van der Waals surface area contributed by atoms with Crippen LogP contribution in [0.4, 0.5) is 0 Å². The zero-order valence-corrected chi connectivity index (χ0v) is 11.6. The van der Waals surface area contributed by atoms with Gasteiger partial charge in [0.2, 0.25) is 5.91 Å². The minimum absolute atomic E-state index is 0.00450. The molecule has 2 aromatic rings. The monoisotopic (exact) mass is 278 g/mol. The van der Waals surface area contributed by atoms with Crippen LogP contribution in [0.25, 0.3) is 0 Å². The van der Waals surface area contributed by atoms with E-state index < -0.39 is 0 Å². The van der Waals surface area contributed by atoms with Crippen molar-refractivity contribution in [2.45, 2.75) is 17.2 Å². The quantitative estimate of drug-likeness (QED) is 0.854. The minimum Gasteiger partial charge on any atom is -0.349 e. The van der Waals surface area contributed by atoms with Crippen molar-refractivity contribution in [2.24, 2.45) is 0 Å². The fourth-order valence-electron chi connectivity index (χ4n) is 1.48. The molecular weight excluding hydrogens is 264 g/mol. The molecule has 2 rings (SSSR count). The van der Waals surface area contributed by atoms with Gasteiger partial charge in [0, 0.05) is 12.4 Å². The van der Waals surface area contributed by atoms with Gasteiger partial charge in [0.1, 0.15) is 0 Å². The summed E-state index contributed by atoms with van der Waals surface area (Å²) in [6.07, 6.45) is 3.50. The lowest BCUT2D eigenvalue weighted by atomic mass is 10.1. The van der Waals surface area contributed by atoms with Crippen LogP contribution >= 0.6 is 23.1 Å². The highest BCUT2D eigenvalue weighted by molar-refractivity contribution is 8.01. The number of carbonyl (C=O) groups is 1. The first-order valence-corrected chi connectivity index (χ1v) is 7.48. The molecule has 5 heteroatoms. The van der Waals surface area contributed by atoms with Crippen LogP contribution < -0.4 is 5.32 Å². The van der Waals surface area contributed by atoms with E-state index in [4.69, 9.17) is 0 Å². The molecule has 0 spiro atoms. The van der Waals surface area contributed by atoms with Crippen LogP contribution in [0.1, 0.15) is 18.5 Å². The molecule has 2 heterocycles. The topological polar surface area (TPSA) is 42.0 Å². The second-order valence-electron chi connectivity index (χ2n) is 3.80. The molecule has 1 N–H and O–H groups in total. The van der Waals surface area contributed by atoms with Crippen LogP contribution in [-0.4, -0.2) is 16.6 Å². The number of aromatic nitrogens is 1. The summed E-state index contributed by atoms with van der Waals surface area (Å²) in [5.74, 6) is 0.496. The van der Waals surface area contributed by atoms with Crippen LogP contribution in [-0.2, 0) is 4.79 Å². The summed E-state index contributed by atoms with van der Waals surface area (Å²) in [5.41, 5.74) is 1.02. The number of nitrogens with one attached hydrogen (secondary N) is 1. The van der Waals surface area contributed by atoms with Gasteiger partial charge in [-0.3, -0.25) is 9.78 Å². The van der Waals surface area contributed by atoms with Gasteiger partial charge in [-0.25, -0.2) is 0 Å². The highest BCUT2D eigenvalue weighted by Gasteiger charge is 2.09. The molecule has 0 radical (unpaired) electrons. The van der Waals surface area contributed by atoms with Crippen molar-refractivity contribution in [2.75, 3.05) is 5.75 Å². The van der Waals surface area contributed by atoms with E-state index in [-0.39, 0.29) is 11.9 Å². The fourth-order valence-corrected chi connectivity index (χ4v) is 3.08. The molecule has 0 unspecified atom stereocenters. The highest BCUT2D eigenvalue weighted by atomic mass is 32.2. The summed E-state index contributed by atoms with van der Waals surface area (Å²) in [5, 5.41) is 4.98. The summed E-state index contributed by atoms with van der Waals surface area (Å²) in [6, 6.07) is 7.84. The molecule has 3 nitrogen and oxygen atoms in total. The Labute approximate surface area is 115 Å². The summed E-state index contributed by atoms with van der Waals surface area (Å²) in [7, 11) is 0. The summed E-state index contributed by atoms with van der Waals surface area (Å²) in [6.45, 7) is 1.96. The zero-order valence-electron chi connectivity index (χ0n) is 10.00. The molecule has 0 aliphatic heterocycles. The van der Waals surface area contributed by atoms with E-state index in [0.29, 0.717) is 5.75 Å². The number of nitrogens with zero attached hydrogens (tertiary/aromatic N) is 1. The fraction of sp³-hybridized carbons (Fsp3) is 0.231. The first-order chi connectivity index (χ1) is 8.75. The summed E-state index contributed by atoms with van der Waals surface area (Å²) >= 11 is 3.22. The lowest BCUT2D eigenvalue weighted by Gasteiger charge is -2.13. The third-order valence-electron chi connectivity index (χ3n) is 2.40. The molecule has 18 heavy (non-hydrogen) atoms. The van der Waals surface area contributed by atoms with Crippen LogP contribution in [0, 0.1) is 0 Å². The van der Waals surface area contributed by atoms with E-state index in [0.717, 1.165) is 5.56 Å². The minimum atomic E-state index is -0.00450. The molecule has 1 atom stereocenters. The Morgan fingerprint density at radius 3 is 3.06 bits per heavy atom. The third-order valence-corrected chi connectivity index (χ3v) is 4.53. The van der Waals surface area contributed by atoms with Crippen molar-refractivity contribution >= 4 is 29.0 Å². The first-order valence-electron chi connectivity index (χ1n) is 5.61. The van der Waals surface area contributed by atoms with Gasteiger partial charge in [0.25, 0.3) is 0 Å². The first kappa shape index (κ1) is 13.1. The molecule has 94 valence electrons. The molecule has 0 saturated carbocycles. The maximum Gasteiger partial charge on any atom is 0.230 e. The number of hydrogen-bond acceptors (Lipinski definition) is 4. The SMILES string of the molecule is C[C@H](NC(=O)CSc1cccs1)c1cccnc1. The van der Waals surface area contributed by atoms with E-state index in [2.05, 4.69) is 10.3 Å². The van der Waals surface area contributed by atoms with Crippen LogP contribution in [0.3, 0.4) is 0 Å². The van der Waals surface area contributed by atoms with Crippen molar-refractivity contribution in [1.82, 2.24) is 10.3 Å². The zero-order chi connectivity index (χ0) is 12.8. The van der Waals surface area contributed by atoms with Crippen LogP contribution in [0.15, 0.2) is 46.2 Å². The molecule has 0 aliphatic carbocycles. The standard InChI is InChI=1S/C13H14N2OS2/c1-10(11-4-2-6-14-8-11)15-12(16)9-18-13-5-3-7-17-13/h2-8,10H,9H2,1H3,(H,15,16)/t10-/m0/s1. The van der Waals surface area contributed by atoms with E-state index in [1.165, 1.54) is 4.21 Å². The van der Waals surface area contributed by atoms with Gasteiger partial charge >= 0.3 is 0 Å². The van der Waals surface area contributed by atoms with Crippen LogP contribution in [0.5, 0.6) is 0 Å². The van der Waals surface area contributed by atoms with Crippen molar-refractivity contribution < 1.29 is 4.79 Å². The van der Waals surface area contributed by atoms with Crippen molar-refractivity contribution in [3.8, 4) is 0 Å². The lowest BCUT2D eigenvalue weighted by Crippen LogP contribution is -2.28. The summed E-state index contributed by atoms with van der Waals surface area (Å²) in [4.78, 5) is 15.8. The van der Waals surface area contributed by atoms with E-state index in [1.807, 2.05) is 36.6 Å². The molecule has 0 saturated heterocycles. The molecule has 0 bridgehead atoms. The number of thiophene rings is 1. The number of thioether (sulfide) groups is 1. The largest absolute Gasteiger partial charge is 0.349 e. The second-order valence-corrected chi connectivity index (χ2v) is 6.02. The number of amides is 1. The maximum atomic E-state index is 11.8. The Hall–Kier alpha value is -1.33. The van der Waals surface area contributed by atoms with Gasteiger partial charge < -0.3 is 5.32 Å². The van der Waals surface area contributed by atoms with Gasteiger partial charge in [-0.1, -0.05) is 12.1 Å². The number of rotatable bonds is 5. The normalized spacial score (nSPS) is 12.1. The van der Waals surface area contributed by atoms with Crippen LogP contribution in [0.2, 0.25) is 0 Å². The predicted molar refractivity (Wildman–Crippen MR) is 75.8 cm³/mol. The Bertz CT molecular complexity index is 485. The predicted octanol–water partition coefficient (Wildman–Crippen LogP) is 3.11. The average Bonchev–Trinajstić information content (AvgIpc) is 2.90. The molecule has 2 aromatic heterocycles. The molecular formula is C13H14N2OS2. The van der Waals surface area contributed by atoms with Crippen molar-refractivity contribution in [3.63, 3.8) is 0 Å². The van der Waals surface area contributed by atoms with Gasteiger partial charge in [-0.05, 0) is 30.0 Å². The number of hydrogen-bond donors (Lipinski definition) is 1. The van der Waals surface area contributed by atoms with Crippen molar-refractivity contribution in [1.29, 1.82) is 0 Å². The molecule has 0 aromatic carbocycles. The maximum absolute atomic E-state index is 11.8. The second kappa shape index (κ2) is 6.56. The Morgan fingerprint density at radius 2 is 2.39 bits per heavy atom. The molecule has 1 amide bonds. The van der Waals surface area contributed by atoms with Gasteiger partial charge in [0.15, 0.2) is 0 Å². The van der Waals surface area contributed by atoms with E-state index in [1.54, 1.807) is 35.5 Å². The van der Waals surface area contributed by atoms with Gasteiger partial charge in [0.05, 0.1) is 16.0 Å².